The van der Waals surface area contributed by atoms with Crippen LogP contribution in [-0.4, -0.2) is 27.1 Å². The van der Waals surface area contributed by atoms with E-state index in [1.165, 1.54) is 23.6 Å². The van der Waals surface area contributed by atoms with Crippen LogP contribution in [0.3, 0.4) is 0 Å². The van der Waals surface area contributed by atoms with Gasteiger partial charge in [0.15, 0.2) is 5.69 Å². The van der Waals surface area contributed by atoms with Crippen LogP contribution in [0.5, 0.6) is 0 Å². The Kier molecular flexibility index (Phi) is 4.26. The number of aromatic carboxylic acids is 1. The summed E-state index contributed by atoms with van der Waals surface area (Å²) >= 11 is 1.50. The van der Waals surface area contributed by atoms with Crippen LogP contribution in [-0.2, 0) is 6.54 Å². The molecule has 0 aromatic carbocycles. The molecule has 20 heavy (non-hydrogen) atoms. The van der Waals surface area contributed by atoms with E-state index < -0.39 is 12.0 Å². The Labute approximate surface area is 118 Å². The van der Waals surface area contributed by atoms with Gasteiger partial charge >= 0.3 is 12.0 Å². The average Bonchev–Trinajstić information content (AvgIpc) is 2.83. The number of hydrogen-bond donors (Lipinski definition) is 3. The van der Waals surface area contributed by atoms with Gasteiger partial charge in [-0.2, -0.15) is 0 Å². The number of aromatic nitrogens is 2. The number of aryl methyl sites for hydroxylation is 1. The van der Waals surface area contributed by atoms with Crippen molar-refractivity contribution < 1.29 is 14.7 Å². The molecule has 7 nitrogen and oxygen atoms in total. The molecule has 0 unspecified atom stereocenters. The fourth-order valence-electron chi connectivity index (χ4n) is 1.50. The number of anilines is 1. The zero-order valence-corrected chi connectivity index (χ0v) is 11.4. The highest BCUT2D eigenvalue weighted by molar-refractivity contribution is 7.09. The summed E-state index contributed by atoms with van der Waals surface area (Å²) in [6, 6.07) is 2.51. The van der Waals surface area contributed by atoms with Crippen LogP contribution in [0, 0.1) is 6.92 Å². The van der Waals surface area contributed by atoms with Crippen molar-refractivity contribution in [1.29, 1.82) is 0 Å². The van der Waals surface area contributed by atoms with E-state index >= 15 is 0 Å². The molecular formula is C12H12N4O3S. The summed E-state index contributed by atoms with van der Waals surface area (Å²) in [5, 5.41) is 16.8. The normalized spacial score (nSPS) is 10.1. The molecule has 0 fully saturated rings. The Bertz CT molecular complexity index is 641. The number of thiazole rings is 1. The Balaban J connectivity index is 1.96. The first kappa shape index (κ1) is 13.9. The Morgan fingerprint density at radius 3 is 2.90 bits per heavy atom. The van der Waals surface area contributed by atoms with Gasteiger partial charge < -0.3 is 15.7 Å². The summed E-state index contributed by atoms with van der Waals surface area (Å²) in [4.78, 5) is 30.5. The van der Waals surface area contributed by atoms with E-state index in [1.807, 2.05) is 12.3 Å². The fourth-order valence-corrected chi connectivity index (χ4v) is 2.12. The molecule has 0 spiro atoms. The van der Waals surface area contributed by atoms with E-state index in [-0.39, 0.29) is 17.9 Å². The zero-order chi connectivity index (χ0) is 14.5. The number of urea groups is 1. The Hall–Kier alpha value is -2.48. The number of hydrogen-bond acceptors (Lipinski definition) is 5. The van der Waals surface area contributed by atoms with E-state index in [4.69, 9.17) is 5.11 Å². The van der Waals surface area contributed by atoms with Crippen molar-refractivity contribution in [2.45, 2.75) is 13.5 Å². The monoisotopic (exact) mass is 292 g/mol. The summed E-state index contributed by atoms with van der Waals surface area (Å²) in [6.07, 6.45) is 1.35. The maximum atomic E-state index is 11.7. The summed E-state index contributed by atoms with van der Waals surface area (Å²) in [7, 11) is 0. The van der Waals surface area contributed by atoms with Gasteiger partial charge in [-0.25, -0.2) is 19.6 Å². The molecule has 3 N–H and O–H groups in total. The molecule has 2 aromatic heterocycles. The molecule has 2 amide bonds. The fraction of sp³-hybridized carbons (Fsp3) is 0.167. The summed E-state index contributed by atoms with van der Waals surface area (Å²) in [5.74, 6) is -1.20. The highest BCUT2D eigenvalue weighted by atomic mass is 32.1. The third-order valence-corrected chi connectivity index (χ3v) is 3.18. The van der Waals surface area contributed by atoms with Crippen molar-refractivity contribution in [3.05, 3.63) is 40.1 Å². The van der Waals surface area contributed by atoms with Crippen molar-refractivity contribution in [2.24, 2.45) is 0 Å². The summed E-state index contributed by atoms with van der Waals surface area (Å²) in [5.41, 5.74) is 0.700. The zero-order valence-electron chi connectivity index (χ0n) is 10.6. The summed E-state index contributed by atoms with van der Waals surface area (Å²) in [6.45, 7) is 2.15. The van der Waals surface area contributed by atoms with E-state index in [9.17, 15) is 9.59 Å². The van der Waals surface area contributed by atoms with E-state index in [0.717, 1.165) is 10.7 Å². The second-order valence-corrected chi connectivity index (χ2v) is 4.93. The predicted molar refractivity (Wildman–Crippen MR) is 73.9 cm³/mol. The van der Waals surface area contributed by atoms with Gasteiger partial charge in [-0.05, 0) is 19.1 Å². The number of pyridine rings is 1. The highest BCUT2D eigenvalue weighted by Gasteiger charge is 2.13. The van der Waals surface area contributed by atoms with Crippen LogP contribution in [0.25, 0.3) is 0 Å². The number of nitrogens with zero attached hydrogens (tertiary/aromatic N) is 2. The lowest BCUT2D eigenvalue weighted by atomic mass is 10.3. The lowest BCUT2D eigenvalue weighted by molar-refractivity contribution is 0.0691. The minimum Gasteiger partial charge on any atom is -0.476 e. The van der Waals surface area contributed by atoms with E-state index in [0.29, 0.717) is 0 Å². The van der Waals surface area contributed by atoms with Crippen LogP contribution in [0.4, 0.5) is 10.5 Å². The number of carbonyl (C=O) groups is 2. The van der Waals surface area contributed by atoms with Gasteiger partial charge in [-0.3, -0.25) is 0 Å². The van der Waals surface area contributed by atoms with E-state index in [2.05, 4.69) is 20.6 Å². The minimum atomic E-state index is -1.20. The van der Waals surface area contributed by atoms with Crippen LogP contribution >= 0.6 is 11.3 Å². The molecule has 0 aliphatic carbocycles. The van der Waals surface area contributed by atoms with Crippen LogP contribution in [0.2, 0.25) is 0 Å². The molecule has 0 atom stereocenters. The van der Waals surface area contributed by atoms with Crippen molar-refractivity contribution >= 4 is 29.0 Å². The molecule has 8 heteroatoms. The molecule has 0 saturated carbocycles. The van der Waals surface area contributed by atoms with Gasteiger partial charge in [-0.1, -0.05) is 0 Å². The molecule has 0 saturated heterocycles. The van der Waals surface area contributed by atoms with Crippen molar-refractivity contribution in [3.8, 4) is 0 Å². The second-order valence-electron chi connectivity index (χ2n) is 3.87. The Morgan fingerprint density at radius 2 is 2.25 bits per heavy atom. The first-order valence-corrected chi connectivity index (χ1v) is 6.58. The number of carbonyl (C=O) groups excluding carboxylic acids is 1. The largest absolute Gasteiger partial charge is 0.476 e. The molecular weight excluding hydrogens is 280 g/mol. The SMILES string of the molecule is Cc1nc(CNC(=O)Nc2cccnc2C(=O)O)cs1. The third-order valence-electron chi connectivity index (χ3n) is 2.36. The summed E-state index contributed by atoms with van der Waals surface area (Å²) < 4.78 is 0. The van der Waals surface area contributed by atoms with E-state index in [1.54, 1.807) is 6.07 Å². The van der Waals surface area contributed by atoms with Crippen LogP contribution in [0.15, 0.2) is 23.7 Å². The molecule has 0 aliphatic rings. The molecule has 2 aromatic rings. The van der Waals surface area contributed by atoms with Crippen molar-refractivity contribution in [2.75, 3.05) is 5.32 Å². The molecule has 0 bridgehead atoms. The average molecular weight is 292 g/mol. The van der Waals surface area contributed by atoms with Crippen LogP contribution < -0.4 is 10.6 Å². The quantitative estimate of drug-likeness (QED) is 0.798. The molecule has 2 heterocycles. The minimum absolute atomic E-state index is 0.145. The maximum absolute atomic E-state index is 11.7. The van der Waals surface area contributed by atoms with Crippen molar-refractivity contribution in [3.63, 3.8) is 0 Å². The predicted octanol–water partition coefficient (Wildman–Crippen LogP) is 1.87. The second kappa shape index (κ2) is 6.11. The molecule has 0 radical (unpaired) electrons. The van der Waals surface area contributed by atoms with Gasteiger partial charge in [0.05, 0.1) is 22.9 Å². The lowest BCUT2D eigenvalue weighted by Gasteiger charge is -2.08. The first-order valence-electron chi connectivity index (χ1n) is 5.70. The smallest absolute Gasteiger partial charge is 0.356 e. The number of carboxylic acids is 1. The molecule has 0 aliphatic heterocycles. The standard InChI is InChI=1S/C12H12N4O3S/c1-7-15-8(6-20-7)5-14-12(19)16-9-3-2-4-13-10(9)11(17)18/h2-4,6H,5H2,1H3,(H,17,18)(H2,14,16,19). The number of carboxylic acid groups (broad SMARTS) is 1. The topological polar surface area (TPSA) is 104 Å². The number of amides is 2. The number of nitrogens with one attached hydrogen (secondary N) is 2. The third kappa shape index (κ3) is 3.51. The van der Waals surface area contributed by atoms with Gasteiger partial charge in [0.25, 0.3) is 0 Å². The van der Waals surface area contributed by atoms with Crippen LogP contribution in [0.1, 0.15) is 21.2 Å². The molecule has 2 rings (SSSR count). The highest BCUT2D eigenvalue weighted by Crippen LogP contribution is 2.12. The molecule has 104 valence electrons. The lowest BCUT2D eigenvalue weighted by Crippen LogP contribution is -2.29. The van der Waals surface area contributed by atoms with Gasteiger partial charge in [0.1, 0.15) is 0 Å². The van der Waals surface area contributed by atoms with Crippen molar-refractivity contribution in [1.82, 2.24) is 15.3 Å². The number of rotatable bonds is 4. The van der Waals surface area contributed by atoms with Gasteiger partial charge in [-0.15, -0.1) is 11.3 Å². The maximum Gasteiger partial charge on any atom is 0.356 e. The Morgan fingerprint density at radius 1 is 1.45 bits per heavy atom. The van der Waals surface area contributed by atoms with Gasteiger partial charge in [0.2, 0.25) is 0 Å². The first-order chi connectivity index (χ1) is 9.56. The van der Waals surface area contributed by atoms with Gasteiger partial charge in [0, 0.05) is 11.6 Å².